The van der Waals surface area contributed by atoms with E-state index in [-0.39, 0.29) is 0 Å². The number of rotatable bonds is 1. The van der Waals surface area contributed by atoms with Crippen molar-refractivity contribution in [1.29, 1.82) is 0 Å². The molecule has 2 unspecified atom stereocenters. The van der Waals surface area contributed by atoms with Crippen molar-refractivity contribution >= 4 is 16.9 Å². The van der Waals surface area contributed by atoms with Crippen molar-refractivity contribution in [2.75, 3.05) is 5.75 Å². The second-order valence-electron chi connectivity index (χ2n) is 5.56. The molecule has 3 heteroatoms. The Morgan fingerprint density at radius 1 is 1.40 bits per heavy atom. The molecular weight excluding hydrogens is 204 g/mol. The number of thioether (sulfide) groups is 1. The quantitative estimate of drug-likeness (QED) is 0.740. The molecule has 1 spiro atoms. The van der Waals surface area contributed by atoms with E-state index in [0.717, 1.165) is 5.92 Å². The first-order chi connectivity index (χ1) is 7.26. The van der Waals surface area contributed by atoms with Crippen molar-refractivity contribution in [1.82, 2.24) is 5.32 Å². The Hall–Kier alpha value is -0.180. The molecule has 1 aliphatic heterocycles. The van der Waals surface area contributed by atoms with Gasteiger partial charge in [-0.25, -0.2) is 0 Å². The third-order valence-corrected chi connectivity index (χ3v) is 4.97. The summed E-state index contributed by atoms with van der Waals surface area (Å²) in [6, 6.07) is 0.663. The van der Waals surface area contributed by atoms with Gasteiger partial charge in [-0.3, -0.25) is 4.99 Å². The van der Waals surface area contributed by atoms with Crippen molar-refractivity contribution in [3.8, 4) is 0 Å². The number of hydrogen-bond acceptors (Lipinski definition) is 2. The molecule has 1 N–H and O–H groups in total. The van der Waals surface area contributed by atoms with Crippen LogP contribution in [0.5, 0.6) is 0 Å². The monoisotopic (exact) mass is 224 g/mol. The summed E-state index contributed by atoms with van der Waals surface area (Å²) in [6.07, 6.45) is 8.15. The third-order valence-electron chi connectivity index (χ3n) is 3.80. The molecule has 0 bridgehead atoms. The van der Waals surface area contributed by atoms with Crippen LogP contribution >= 0.6 is 11.8 Å². The van der Waals surface area contributed by atoms with Gasteiger partial charge in [0, 0.05) is 11.3 Å². The number of nitrogens with zero attached hydrogens (tertiary/aromatic N) is 1. The van der Waals surface area contributed by atoms with Crippen molar-refractivity contribution in [3.05, 3.63) is 0 Å². The first-order valence-corrected chi connectivity index (χ1v) is 7.23. The summed E-state index contributed by atoms with van der Waals surface area (Å²) in [5.74, 6) is 2.15. The van der Waals surface area contributed by atoms with Crippen LogP contribution in [-0.4, -0.2) is 22.5 Å². The molecule has 1 saturated heterocycles. The minimum absolute atomic E-state index is 0.413. The fourth-order valence-electron chi connectivity index (χ4n) is 2.85. The van der Waals surface area contributed by atoms with E-state index in [1.54, 1.807) is 0 Å². The molecule has 0 aromatic carbocycles. The van der Waals surface area contributed by atoms with Crippen LogP contribution in [0.2, 0.25) is 0 Å². The van der Waals surface area contributed by atoms with Crippen LogP contribution in [0.1, 0.15) is 45.4 Å². The molecule has 3 rings (SSSR count). The number of hydrogen-bond donors (Lipinski definition) is 1. The van der Waals surface area contributed by atoms with E-state index in [4.69, 9.17) is 4.99 Å². The van der Waals surface area contributed by atoms with Gasteiger partial charge in [0.25, 0.3) is 0 Å². The standard InChI is InChI=1S/C12H20N2S/c1-9-3-2-6-12(7-9)8-15-11(14-12)13-10-4-5-10/h9-10H,2-8H2,1H3,(H,13,14). The summed E-state index contributed by atoms with van der Waals surface area (Å²) >= 11 is 1.96. The van der Waals surface area contributed by atoms with Gasteiger partial charge >= 0.3 is 0 Å². The molecule has 0 radical (unpaired) electrons. The van der Waals surface area contributed by atoms with E-state index in [1.165, 1.54) is 49.4 Å². The fourth-order valence-corrected chi connectivity index (χ4v) is 4.11. The van der Waals surface area contributed by atoms with Crippen molar-refractivity contribution in [3.63, 3.8) is 0 Å². The molecule has 3 aliphatic rings. The van der Waals surface area contributed by atoms with Gasteiger partial charge in [0.1, 0.15) is 0 Å². The number of amidine groups is 1. The van der Waals surface area contributed by atoms with Crippen LogP contribution in [0.4, 0.5) is 0 Å². The normalized spacial score (nSPS) is 43.5. The molecule has 0 aromatic rings. The SMILES string of the molecule is CC1CCCC2(CSC(=NC3CC3)N2)C1. The maximum Gasteiger partial charge on any atom is 0.157 e. The summed E-state index contributed by atoms with van der Waals surface area (Å²) in [7, 11) is 0. The van der Waals surface area contributed by atoms with Crippen molar-refractivity contribution in [2.24, 2.45) is 10.9 Å². The molecule has 3 fully saturated rings. The second kappa shape index (κ2) is 3.69. The average molecular weight is 224 g/mol. The molecular formula is C12H20N2S. The highest BCUT2D eigenvalue weighted by molar-refractivity contribution is 8.14. The average Bonchev–Trinajstić information content (AvgIpc) is 2.91. The minimum atomic E-state index is 0.413. The van der Waals surface area contributed by atoms with Gasteiger partial charge in [-0.1, -0.05) is 31.5 Å². The van der Waals surface area contributed by atoms with Crippen LogP contribution in [0.15, 0.2) is 4.99 Å². The van der Waals surface area contributed by atoms with E-state index in [1.807, 2.05) is 11.8 Å². The Morgan fingerprint density at radius 3 is 3.00 bits per heavy atom. The summed E-state index contributed by atoms with van der Waals surface area (Å²) in [5.41, 5.74) is 0.413. The first kappa shape index (κ1) is 10.0. The van der Waals surface area contributed by atoms with E-state index < -0.39 is 0 Å². The molecule has 2 aliphatic carbocycles. The van der Waals surface area contributed by atoms with Gasteiger partial charge in [0.15, 0.2) is 5.17 Å². The predicted octanol–water partition coefficient (Wildman–Crippen LogP) is 2.79. The lowest BCUT2D eigenvalue weighted by atomic mass is 9.78. The maximum absolute atomic E-state index is 4.73. The zero-order chi connectivity index (χ0) is 10.3. The van der Waals surface area contributed by atoms with E-state index in [9.17, 15) is 0 Å². The largest absolute Gasteiger partial charge is 0.359 e. The molecule has 2 nitrogen and oxygen atoms in total. The van der Waals surface area contributed by atoms with Gasteiger partial charge in [0.2, 0.25) is 0 Å². The lowest BCUT2D eigenvalue weighted by Gasteiger charge is -2.36. The number of nitrogens with one attached hydrogen (secondary N) is 1. The van der Waals surface area contributed by atoms with Gasteiger partial charge in [-0.15, -0.1) is 0 Å². The van der Waals surface area contributed by atoms with Gasteiger partial charge < -0.3 is 5.32 Å². The topological polar surface area (TPSA) is 24.4 Å². The Kier molecular flexibility index (Phi) is 2.46. The highest BCUT2D eigenvalue weighted by Crippen LogP contribution is 2.39. The van der Waals surface area contributed by atoms with Gasteiger partial charge in [-0.2, -0.15) is 0 Å². The Bertz CT molecular complexity index is 285. The lowest BCUT2D eigenvalue weighted by molar-refractivity contribution is 0.242. The molecule has 84 valence electrons. The summed E-state index contributed by atoms with van der Waals surface area (Å²) in [6.45, 7) is 2.39. The molecule has 0 aromatic heterocycles. The summed E-state index contributed by atoms with van der Waals surface area (Å²) in [4.78, 5) is 4.73. The molecule has 2 atom stereocenters. The maximum atomic E-state index is 4.73. The summed E-state index contributed by atoms with van der Waals surface area (Å²) in [5, 5.41) is 4.96. The van der Waals surface area contributed by atoms with Crippen LogP contribution in [0, 0.1) is 5.92 Å². The molecule has 0 amide bonds. The Morgan fingerprint density at radius 2 is 2.27 bits per heavy atom. The van der Waals surface area contributed by atoms with Gasteiger partial charge in [-0.05, 0) is 31.6 Å². The highest BCUT2D eigenvalue weighted by Gasteiger charge is 2.40. The zero-order valence-electron chi connectivity index (χ0n) is 9.46. The first-order valence-electron chi connectivity index (χ1n) is 6.25. The highest BCUT2D eigenvalue weighted by atomic mass is 32.2. The van der Waals surface area contributed by atoms with E-state index >= 15 is 0 Å². The zero-order valence-corrected chi connectivity index (χ0v) is 10.3. The third kappa shape index (κ3) is 2.17. The summed E-state index contributed by atoms with van der Waals surface area (Å²) < 4.78 is 0. The predicted molar refractivity (Wildman–Crippen MR) is 66.4 cm³/mol. The van der Waals surface area contributed by atoms with Crippen molar-refractivity contribution < 1.29 is 0 Å². The Labute approximate surface area is 96.3 Å². The van der Waals surface area contributed by atoms with Crippen LogP contribution in [0.25, 0.3) is 0 Å². The fraction of sp³-hybridized carbons (Fsp3) is 0.917. The van der Waals surface area contributed by atoms with E-state index in [2.05, 4.69) is 12.2 Å². The Balaban J connectivity index is 1.67. The number of aliphatic imine (C=N–C) groups is 1. The molecule has 1 heterocycles. The lowest BCUT2D eigenvalue weighted by Crippen LogP contribution is -2.47. The molecule has 15 heavy (non-hydrogen) atoms. The van der Waals surface area contributed by atoms with Crippen molar-refractivity contribution in [2.45, 2.75) is 57.0 Å². The van der Waals surface area contributed by atoms with Crippen LogP contribution in [-0.2, 0) is 0 Å². The van der Waals surface area contributed by atoms with E-state index in [0.29, 0.717) is 11.6 Å². The minimum Gasteiger partial charge on any atom is -0.359 e. The second-order valence-corrected chi connectivity index (χ2v) is 6.53. The van der Waals surface area contributed by atoms with Gasteiger partial charge in [0.05, 0.1) is 6.04 Å². The molecule has 2 saturated carbocycles. The van der Waals surface area contributed by atoms with Crippen LogP contribution < -0.4 is 5.32 Å². The smallest absolute Gasteiger partial charge is 0.157 e. The van der Waals surface area contributed by atoms with Crippen LogP contribution in [0.3, 0.4) is 0 Å².